The first-order valence-corrected chi connectivity index (χ1v) is 9.03. The summed E-state index contributed by atoms with van der Waals surface area (Å²) in [6, 6.07) is 12.2. The minimum absolute atomic E-state index is 0.0670. The number of rotatable bonds is 4. The summed E-state index contributed by atoms with van der Waals surface area (Å²) in [4.78, 5) is 23.5. The Labute approximate surface area is 156 Å². The number of carbonyl (C=O) groups excluding carboxylic acids is 1. The van der Waals surface area contributed by atoms with Crippen molar-refractivity contribution >= 4 is 5.91 Å². The summed E-state index contributed by atoms with van der Waals surface area (Å²) in [5.41, 5.74) is 3.11. The van der Waals surface area contributed by atoms with Crippen LogP contribution in [0.5, 0.6) is 0 Å². The second-order valence-electron chi connectivity index (χ2n) is 6.77. The fourth-order valence-electron chi connectivity index (χ4n) is 3.52. The number of aromatic nitrogens is 2. The standard InChI is InChI=1S/C21H20FN3O2/c1-14-23-19(13-27-14)21(26)25-11-3-6-20(25)18-5-2-4-17(24-18)12-15-7-9-16(22)10-8-15/h2,4-5,7-10,13,20H,3,6,11-12H2,1H3/t20-/m0/s1. The maximum Gasteiger partial charge on any atom is 0.276 e. The molecule has 3 aromatic rings. The van der Waals surface area contributed by atoms with E-state index < -0.39 is 0 Å². The predicted octanol–water partition coefficient (Wildman–Crippen LogP) is 4.09. The number of benzene rings is 1. The number of pyridine rings is 1. The molecule has 1 atom stereocenters. The van der Waals surface area contributed by atoms with E-state index in [0.717, 1.165) is 29.8 Å². The van der Waals surface area contributed by atoms with Crippen molar-refractivity contribution in [1.82, 2.24) is 14.9 Å². The van der Waals surface area contributed by atoms with Gasteiger partial charge < -0.3 is 9.32 Å². The predicted molar refractivity (Wildman–Crippen MR) is 97.7 cm³/mol. The van der Waals surface area contributed by atoms with Gasteiger partial charge in [0.1, 0.15) is 12.1 Å². The highest BCUT2D eigenvalue weighted by atomic mass is 19.1. The van der Waals surface area contributed by atoms with E-state index in [-0.39, 0.29) is 17.8 Å². The topological polar surface area (TPSA) is 59.2 Å². The van der Waals surface area contributed by atoms with Crippen LogP contribution >= 0.6 is 0 Å². The van der Waals surface area contributed by atoms with E-state index in [1.165, 1.54) is 18.4 Å². The summed E-state index contributed by atoms with van der Waals surface area (Å²) in [5.74, 6) is 0.109. The Morgan fingerprint density at radius 2 is 2.04 bits per heavy atom. The van der Waals surface area contributed by atoms with E-state index in [0.29, 0.717) is 24.6 Å². The maximum absolute atomic E-state index is 13.1. The van der Waals surface area contributed by atoms with Crippen LogP contribution in [0.4, 0.5) is 4.39 Å². The molecule has 3 heterocycles. The molecule has 1 amide bonds. The molecular formula is C21H20FN3O2. The summed E-state index contributed by atoms with van der Waals surface area (Å²) in [7, 11) is 0. The van der Waals surface area contributed by atoms with Crippen molar-refractivity contribution in [2.75, 3.05) is 6.54 Å². The molecule has 1 aliphatic heterocycles. The van der Waals surface area contributed by atoms with Gasteiger partial charge in [-0.3, -0.25) is 9.78 Å². The number of likely N-dealkylation sites (tertiary alicyclic amines) is 1. The summed E-state index contributed by atoms with van der Waals surface area (Å²) in [5, 5.41) is 0. The third-order valence-corrected chi connectivity index (χ3v) is 4.82. The Morgan fingerprint density at radius 3 is 2.78 bits per heavy atom. The normalized spacial score (nSPS) is 16.7. The van der Waals surface area contributed by atoms with E-state index in [1.54, 1.807) is 19.1 Å². The van der Waals surface area contributed by atoms with E-state index in [4.69, 9.17) is 9.40 Å². The first kappa shape index (κ1) is 17.4. The monoisotopic (exact) mass is 365 g/mol. The lowest BCUT2D eigenvalue weighted by molar-refractivity contribution is 0.0726. The van der Waals surface area contributed by atoms with Crippen LogP contribution in [0.15, 0.2) is 53.1 Å². The second kappa shape index (κ2) is 7.31. The molecule has 0 spiro atoms. The minimum Gasteiger partial charge on any atom is -0.448 e. The molecule has 1 saturated heterocycles. The van der Waals surface area contributed by atoms with Crippen molar-refractivity contribution in [3.8, 4) is 0 Å². The van der Waals surface area contributed by atoms with Crippen LogP contribution in [-0.2, 0) is 6.42 Å². The average molecular weight is 365 g/mol. The summed E-state index contributed by atoms with van der Waals surface area (Å²) in [6.07, 6.45) is 3.83. The van der Waals surface area contributed by atoms with Crippen LogP contribution in [0.25, 0.3) is 0 Å². The van der Waals surface area contributed by atoms with Crippen LogP contribution in [0.3, 0.4) is 0 Å². The van der Waals surface area contributed by atoms with Gasteiger partial charge in [-0.25, -0.2) is 9.37 Å². The number of halogens is 1. The molecule has 0 bridgehead atoms. The zero-order valence-electron chi connectivity index (χ0n) is 15.1. The molecule has 2 aromatic heterocycles. The van der Waals surface area contributed by atoms with Gasteiger partial charge in [0.25, 0.3) is 5.91 Å². The van der Waals surface area contributed by atoms with E-state index in [2.05, 4.69) is 4.98 Å². The molecule has 138 valence electrons. The zero-order valence-corrected chi connectivity index (χ0v) is 15.1. The first-order chi connectivity index (χ1) is 13.1. The molecule has 5 nitrogen and oxygen atoms in total. The van der Waals surface area contributed by atoms with Gasteiger partial charge in [-0.15, -0.1) is 0 Å². The molecule has 4 rings (SSSR count). The van der Waals surface area contributed by atoms with Crippen LogP contribution in [0.2, 0.25) is 0 Å². The molecule has 0 unspecified atom stereocenters. The van der Waals surface area contributed by atoms with E-state index >= 15 is 0 Å². The van der Waals surface area contributed by atoms with E-state index in [9.17, 15) is 9.18 Å². The van der Waals surface area contributed by atoms with Crippen molar-refractivity contribution in [3.63, 3.8) is 0 Å². The number of hydrogen-bond acceptors (Lipinski definition) is 4. The number of nitrogens with zero attached hydrogens (tertiary/aromatic N) is 3. The smallest absolute Gasteiger partial charge is 0.276 e. The fourth-order valence-corrected chi connectivity index (χ4v) is 3.52. The minimum atomic E-state index is -0.247. The quantitative estimate of drug-likeness (QED) is 0.699. The molecule has 0 aliphatic carbocycles. The van der Waals surface area contributed by atoms with Crippen molar-refractivity contribution in [1.29, 1.82) is 0 Å². The summed E-state index contributed by atoms with van der Waals surface area (Å²) >= 11 is 0. The number of aryl methyl sites for hydroxylation is 1. The van der Waals surface area contributed by atoms with Gasteiger partial charge in [0, 0.05) is 25.6 Å². The van der Waals surface area contributed by atoms with Gasteiger partial charge in [-0.2, -0.15) is 0 Å². The third-order valence-electron chi connectivity index (χ3n) is 4.82. The molecular weight excluding hydrogens is 345 g/mol. The SMILES string of the molecule is Cc1nc(C(=O)N2CCC[C@H]2c2cccc(Cc3ccc(F)cc3)n2)co1. The van der Waals surface area contributed by atoms with Crippen molar-refractivity contribution in [2.24, 2.45) is 0 Å². The average Bonchev–Trinajstić information content (AvgIpc) is 3.32. The van der Waals surface area contributed by atoms with E-state index in [1.807, 2.05) is 23.1 Å². The Bertz CT molecular complexity index is 952. The van der Waals surface area contributed by atoms with Gasteiger partial charge in [0.2, 0.25) is 0 Å². The Morgan fingerprint density at radius 1 is 1.22 bits per heavy atom. The van der Waals surface area contributed by atoms with Crippen molar-refractivity contribution in [3.05, 3.63) is 83.1 Å². The number of hydrogen-bond donors (Lipinski definition) is 0. The number of oxazole rings is 1. The lowest BCUT2D eigenvalue weighted by Gasteiger charge is -2.23. The van der Waals surface area contributed by atoms with Crippen LogP contribution in [0, 0.1) is 12.7 Å². The maximum atomic E-state index is 13.1. The first-order valence-electron chi connectivity index (χ1n) is 9.03. The van der Waals surface area contributed by atoms with Gasteiger partial charge in [0.15, 0.2) is 11.6 Å². The molecule has 0 N–H and O–H groups in total. The third kappa shape index (κ3) is 3.74. The van der Waals surface area contributed by atoms with Gasteiger partial charge in [-0.05, 0) is 42.7 Å². The highest BCUT2D eigenvalue weighted by molar-refractivity contribution is 5.92. The Balaban J connectivity index is 1.55. The van der Waals surface area contributed by atoms with Crippen molar-refractivity contribution in [2.45, 2.75) is 32.2 Å². The molecule has 1 aliphatic rings. The lowest BCUT2D eigenvalue weighted by Crippen LogP contribution is -2.31. The molecule has 0 saturated carbocycles. The second-order valence-corrected chi connectivity index (χ2v) is 6.77. The Hall–Kier alpha value is -3.02. The highest BCUT2D eigenvalue weighted by Gasteiger charge is 2.32. The van der Waals surface area contributed by atoms with Gasteiger partial charge >= 0.3 is 0 Å². The van der Waals surface area contributed by atoms with Crippen LogP contribution < -0.4 is 0 Å². The highest BCUT2D eigenvalue weighted by Crippen LogP contribution is 2.32. The van der Waals surface area contributed by atoms with Crippen molar-refractivity contribution < 1.29 is 13.6 Å². The number of carbonyl (C=O) groups is 1. The molecule has 6 heteroatoms. The molecule has 0 radical (unpaired) electrons. The molecule has 1 fully saturated rings. The number of amides is 1. The van der Waals surface area contributed by atoms with Gasteiger partial charge in [-0.1, -0.05) is 18.2 Å². The fraction of sp³-hybridized carbons (Fsp3) is 0.286. The Kier molecular flexibility index (Phi) is 4.71. The molecule has 1 aromatic carbocycles. The summed E-state index contributed by atoms with van der Waals surface area (Å²) in [6.45, 7) is 2.40. The largest absolute Gasteiger partial charge is 0.448 e. The molecule has 27 heavy (non-hydrogen) atoms. The van der Waals surface area contributed by atoms with Gasteiger partial charge in [0.05, 0.1) is 11.7 Å². The van der Waals surface area contributed by atoms with Crippen LogP contribution in [-0.4, -0.2) is 27.3 Å². The zero-order chi connectivity index (χ0) is 18.8. The summed E-state index contributed by atoms with van der Waals surface area (Å²) < 4.78 is 18.3. The van der Waals surface area contributed by atoms with Crippen LogP contribution in [0.1, 0.15) is 52.2 Å². The lowest BCUT2D eigenvalue weighted by atomic mass is 10.1.